The van der Waals surface area contributed by atoms with Crippen LogP contribution in [0.15, 0.2) is 114 Å². The van der Waals surface area contributed by atoms with Crippen LogP contribution in [0, 0.1) is 0 Å². The Hall–Kier alpha value is -5.95. The average Bonchev–Trinajstić information content (AvgIpc) is 3.78. The highest BCUT2D eigenvalue weighted by Crippen LogP contribution is 2.32. The number of nitrogens with zero attached hydrogens (tertiary/aromatic N) is 5. The van der Waals surface area contributed by atoms with Crippen LogP contribution in [0.4, 0.5) is 0 Å². The summed E-state index contributed by atoms with van der Waals surface area (Å²) < 4.78 is 9.27. The Morgan fingerprint density at radius 3 is 1.47 bits per heavy atom. The van der Waals surface area contributed by atoms with E-state index in [0.717, 1.165) is 55.2 Å². The smallest absolute Gasteiger partial charge is 0.226 e. The Kier molecular flexibility index (Phi) is 7.84. The van der Waals surface area contributed by atoms with Gasteiger partial charge >= 0.3 is 0 Å². The summed E-state index contributed by atoms with van der Waals surface area (Å²) in [4.78, 5) is 20.4. The molecule has 0 fully saturated rings. The molecule has 0 aliphatic heterocycles. The number of rotatable bonds is 5. The molecule has 0 aliphatic carbocycles. The molecule has 6 nitrogen and oxygen atoms in total. The van der Waals surface area contributed by atoms with Crippen molar-refractivity contribution in [3.8, 4) is 51.3 Å². The lowest BCUT2D eigenvalue weighted by atomic mass is 9.65. The van der Waals surface area contributed by atoms with Crippen molar-refractivity contribution < 1.29 is 4.42 Å². The monoisotopic (exact) mass is 675 g/mol. The van der Waals surface area contributed by atoms with Crippen LogP contribution in [0.5, 0.6) is 0 Å². The number of hydrogen-bond acceptors (Lipinski definition) is 5. The first kappa shape index (κ1) is 32.9. The summed E-state index contributed by atoms with van der Waals surface area (Å²) in [5.41, 5.74) is 16.8. The lowest BCUT2D eigenvalue weighted by molar-refractivity contribution is 0.623. The molecule has 0 unspecified atom stereocenters. The molecule has 0 saturated carbocycles. The zero-order valence-corrected chi connectivity index (χ0v) is 31.0. The molecule has 0 amide bonds. The summed E-state index contributed by atoms with van der Waals surface area (Å²) in [6.07, 6.45) is 0. The molecule has 0 spiro atoms. The molecule has 9 rings (SSSR count). The Morgan fingerprint density at radius 1 is 0.415 bits per heavy atom. The van der Waals surface area contributed by atoms with E-state index in [1.165, 1.54) is 43.9 Å². The van der Waals surface area contributed by atoms with E-state index in [9.17, 15) is 0 Å². The van der Waals surface area contributed by atoms with Crippen LogP contribution in [0.2, 0.25) is 0 Å². The van der Waals surface area contributed by atoms with Gasteiger partial charge < -0.3 is 8.98 Å². The first-order valence-electron chi connectivity index (χ1n) is 18.1. The Labute approximate surface area is 314 Å². The zero-order valence-electron chi connectivity index (χ0n) is 31.0. The minimum atomic E-state index is 0.619. The van der Waals surface area contributed by atoms with Crippen LogP contribution < -0.4 is 38.2 Å². The first-order chi connectivity index (χ1) is 25.7. The number of fused-ring (bicyclic) bond motifs is 4. The van der Waals surface area contributed by atoms with E-state index < -0.39 is 0 Å². The molecule has 0 aliphatic rings. The third kappa shape index (κ3) is 5.13. The molecule has 0 N–H and O–H groups in total. The van der Waals surface area contributed by atoms with Crippen molar-refractivity contribution in [3.05, 3.63) is 109 Å². The van der Waals surface area contributed by atoms with Gasteiger partial charge in [-0.2, -0.15) is 0 Å². The molecule has 9 aromatic rings. The maximum absolute atomic E-state index is 6.85. The van der Waals surface area contributed by atoms with Gasteiger partial charge in [-0.3, -0.25) is 0 Å². The van der Waals surface area contributed by atoms with Crippen molar-refractivity contribution >= 4 is 126 Å². The largest absolute Gasteiger partial charge is 0.437 e. The van der Waals surface area contributed by atoms with E-state index in [4.69, 9.17) is 24.4 Å². The number of oxazole rings is 1. The number of hydrogen-bond donors (Lipinski definition) is 0. The van der Waals surface area contributed by atoms with E-state index >= 15 is 0 Å². The van der Waals surface area contributed by atoms with Gasteiger partial charge in [-0.25, -0.2) is 19.9 Å². The minimum Gasteiger partial charge on any atom is -0.437 e. The van der Waals surface area contributed by atoms with Crippen molar-refractivity contribution in [2.75, 3.05) is 0 Å². The fraction of sp³-hybridized carbons (Fsp3) is 0. The Bertz CT molecular complexity index is 2820. The van der Waals surface area contributed by atoms with Gasteiger partial charge in [-0.15, -0.1) is 0 Å². The Morgan fingerprint density at radius 2 is 0.906 bits per heavy atom. The van der Waals surface area contributed by atoms with Crippen molar-refractivity contribution in [2.24, 2.45) is 0 Å². The zero-order chi connectivity index (χ0) is 36.5. The van der Waals surface area contributed by atoms with Gasteiger partial charge in [-0.1, -0.05) is 130 Å². The Balaban J connectivity index is 1.28. The summed E-state index contributed by atoms with van der Waals surface area (Å²) in [5.74, 6) is 2.50. The molecular weight excluding hydrogens is 642 g/mol. The lowest BCUT2D eigenvalue weighted by Gasteiger charge is -2.22. The van der Waals surface area contributed by atoms with Crippen LogP contribution in [0.25, 0.3) is 84.2 Å². The standard InChI is InChI=1S/C40H32B7N5O/c41-27-25(39-50-37(19-11-3-1-4-12-19)49-38(51-39)20-13-5-2-6-14-20)29(43)34-36(33(27)47)53-40(48-34)26-28(42)31(45)32(46)35(30(26)44)52-23-17-9-7-15-21(23)22-16-8-10-18-24(22)52/h1-18H,41-47H2. The molecule has 0 bridgehead atoms. The average molecular weight is 674 g/mol. The van der Waals surface area contributed by atoms with Crippen molar-refractivity contribution in [2.45, 2.75) is 0 Å². The predicted molar refractivity (Wildman–Crippen MR) is 241 cm³/mol. The molecule has 0 atom stereocenters. The summed E-state index contributed by atoms with van der Waals surface area (Å²) in [6, 6.07) is 37.5. The summed E-state index contributed by atoms with van der Waals surface area (Å²) in [7, 11) is 15.2. The number of benzene rings is 6. The number of aromatic nitrogens is 5. The quantitative estimate of drug-likeness (QED) is 0.191. The molecule has 3 heterocycles. The highest BCUT2D eigenvalue weighted by Gasteiger charge is 2.26. The van der Waals surface area contributed by atoms with Crippen molar-refractivity contribution in [1.82, 2.24) is 24.5 Å². The maximum Gasteiger partial charge on any atom is 0.226 e. The van der Waals surface area contributed by atoms with Gasteiger partial charge in [0.2, 0.25) is 5.89 Å². The molecular formula is C40H32B7N5O. The topological polar surface area (TPSA) is 69.6 Å². The summed E-state index contributed by atoms with van der Waals surface area (Å²) in [6.45, 7) is 0. The van der Waals surface area contributed by atoms with E-state index in [1.54, 1.807) is 0 Å². The maximum atomic E-state index is 6.85. The second-order valence-electron chi connectivity index (χ2n) is 14.1. The molecule has 13 heteroatoms. The molecule has 6 aromatic carbocycles. The second kappa shape index (κ2) is 12.6. The minimum absolute atomic E-state index is 0.619. The number of para-hydroxylation sites is 2. The molecule has 0 saturated heterocycles. The van der Waals surface area contributed by atoms with Crippen LogP contribution in [-0.4, -0.2) is 79.4 Å². The molecule has 3 aromatic heterocycles. The van der Waals surface area contributed by atoms with E-state index in [2.05, 4.69) is 108 Å². The van der Waals surface area contributed by atoms with Crippen LogP contribution in [0.1, 0.15) is 0 Å². The molecule has 53 heavy (non-hydrogen) atoms. The highest BCUT2D eigenvalue weighted by atomic mass is 16.3. The van der Waals surface area contributed by atoms with E-state index in [0.29, 0.717) is 23.4 Å². The highest BCUT2D eigenvalue weighted by molar-refractivity contribution is 6.63. The predicted octanol–water partition coefficient (Wildman–Crippen LogP) is -2.41. The van der Waals surface area contributed by atoms with Gasteiger partial charge in [0.25, 0.3) is 0 Å². The fourth-order valence-corrected chi connectivity index (χ4v) is 8.10. The van der Waals surface area contributed by atoms with Crippen molar-refractivity contribution in [3.63, 3.8) is 0 Å². The van der Waals surface area contributed by atoms with Gasteiger partial charge in [0.15, 0.2) is 17.5 Å². The van der Waals surface area contributed by atoms with Crippen LogP contribution in [-0.2, 0) is 0 Å². The third-order valence-electron chi connectivity index (χ3n) is 11.2. The van der Waals surface area contributed by atoms with Crippen molar-refractivity contribution in [1.29, 1.82) is 0 Å². The second-order valence-corrected chi connectivity index (χ2v) is 14.1. The SMILES string of the molecule is Bc1c(B)c(-c2nc3c(B)c(-c4nc(-c5ccccc5)nc(-c5ccccc5)n4)c(B)c(B)c3o2)c(B)c(-n2c3ccccc3c3ccccc32)c1B. The fourth-order valence-electron chi connectivity index (χ4n) is 8.10. The van der Waals surface area contributed by atoms with Gasteiger partial charge in [0, 0.05) is 38.7 Å². The van der Waals surface area contributed by atoms with Gasteiger partial charge in [-0.05, 0) is 17.6 Å². The summed E-state index contributed by atoms with van der Waals surface area (Å²) >= 11 is 0. The normalized spacial score (nSPS) is 11.5. The van der Waals surface area contributed by atoms with E-state index in [1.807, 2.05) is 60.7 Å². The first-order valence-corrected chi connectivity index (χ1v) is 18.1. The van der Waals surface area contributed by atoms with E-state index in [-0.39, 0.29) is 0 Å². The van der Waals surface area contributed by atoms with Gasteiger partial charge in [0.1, 0.15) is 66.0 Å². The lowest BCUT2D eigenvalue weighted by Crippen LogP contribution is -2.47. The molecule has 0 radical (unpaired) electrons. The molecule has 244 valence electrons. The summed E-state index contributed by atoms with van der Waals surface area (Å²) in [5, 5.41) is 2.48. The van der Waals surface area contributed by atoms with Crippen LogP contribution in [0.3, 0.4) is 0 Å². The van der Waals surface area contributed by atoms with Crippen LogP contribution >= 0.6 is 0 Å². The van der Waals surface area contributed by atoms with Gasteiger partial charge in [0.05, 0.1) is 11.0 Å². The third-order valence-corrected chi connectivity index (χ3v) is 11.2.